The Hall–Kier alpha value is -1.97. The maximum atomic E-state index is 11.8. The number of allylic oxidation sites excluding steroid dienone is 3. The van der Waals surface area contributed by atoms with Crippen LogP contribution < -0.4 is 11.5 Å². The maximum Gasteiger partial charge on any atom is 0.321 e. The number of aliphatic carboxylic acids is 2. The minimum Gasteiger partial charge on any atom is -0.480 e. The van der Waals surface area contributed by atoms with Gasteiger partial charge in [0.15, 0.2) is 0 Å². The summed E-state index contributed by atoms with van der Waals surface area (Å²) in [4.78, 5) is 44.6. The second kappa shape index (κ2) is 7.16. The van der Waals surface area contributed by atoms with Crippen molar-refractivity contribution in [3.63, 3.8) is 0 Å². The third kappa shape index (κ3) is 4.52. The van der Waals surface area contributed by atoms with Crippen molar-refractivity contribution in [2.75, 3.05) is 5.75 Å². The van der Waals surface area contributed by atoms with E-state index in [0.717, 1.165) is 17.8 Å². The number of carboxylic acid groups (broad SMARTS) is 2. The van der Waals surface area contributed by atoms with Gasteiger partial charge in [-0.2, -0.15) is 0 Å². The van der Waals surface area contributed by atoms with Crippen LogP contribution in [0.1, 0.15) is 6.42 Å². The number of rotatable bonds is 7. The van der Waals surface area contributed by atoms with Crippen molar-refractivity contribution in [3.8, 4) is 0 Å². The lowest BCUT2D eigenvalue weighted by atomic mass is 9.99. The zero-order valence-corrected chi connectivity index (χ0v) is 11.6. The Bertz CT molecular complexity index is 554. The smallest absolute Gasteiger partial charge is 0.321 e. The highest BCUT2D eigenvalue weighted by atomic mass is 32.2. The van der Waals surface area contributed by atoms with Gasteiger partial charge in [0, 0.05) is 5.75 Å². The van der Waals surface area contributed by atoms with E-state index in [1.807, 2.05) is 0 Å². The first-order valence-electron chi connectivity index (χ1n) is 5.83. The summed E-state index contributed by atoms with van der Waals surface area (Å²) in [6.45, 7) is 0. The third-order valence-electron chi connectivity index (χ3n) is 2.64. The molecule has 21 heavy (non-hydrogen) atoms. The molecule has 6 N–H and O–H groups in total. The van der Waals surface area contributed by atoms with Gasteiger partial charge in [0.1, 0.15) is 12.1 Å². The lowest BCUT2D eigenvalue weighted by molar-refractivity contribution is -0.139. The van der Waals surface area contributed by atoms with Crippen molar-refractivity contribution in [3.05, 3.63) is 22.6 Å². The minimum absolute atomic E-state index is 0.00380. The van der Waals surface area contributed by atoms with E-state index in [1.54, 1.807) is 0 Å². The number of Topliss-reactive ketones (excluding diaryl/α,β-unsaturated/α-hetero) is 1. The van der Waals surface area contributed by atoms with Gasteiger partial charge in [-0.25, -0.2) is 0 Å². The normalized spacial score (nSPS) is 17.8. The quantitative estimate of drug-likeness (QED) is 0.337. The van der Waals surface area contributed by atoms with Crippen molar-refractivity contribution < 1.29 is 29.4 Å². The molecule has 8 nitrogen and oxygen atoms in total. The largest absolute Gasteiger partial charge is 0.480 e. The molecule has 2 atom stereocenters. The van der Waals surface area contributed by atoms with Crippen molar-refractivity contribution >= 4 is 35.3 Å². The summed E-state index contributed by atoms with van der Waals surface area (Å²) in [5, 5.41) is 17.5. The monoisotopic (exact) mass is 314 g/mol. The van der Waals surface area contributed by atoms with Gasteiger partial charge in [0.05, 0.1) is 4.91 Å². The van der Waals surface area contributed by atoms with Crippen molar-refractivity contribution in [2.45, 2.75) is 18.5 Å². The minimum atomic E-state index is -1.24. The Morgan fingerprint density at radius 1 is 1.10 bits per heavy atom. The molecule has 0 aromatic heterocycles. The number of ketones is 2. The third-order valence-corrected chi connectivity index (χ3v) is 3.90. The molecule has 0 radical (unpaired) electrons. The van der Waals surface area contributed by atoms with Crippen LogP contribution in [0.4, 0.5) is 0 Å². The van der Waals surface area contributed by atoms with Gasteiger partial charge in [-0.1, -0.05) is 6.08 Å². The van der Waals surface area contributed by atoms with Gasteiger partial charge in [0.2, 0.25) is 11.6 Å². The van der Waals surface area contributed by atoms with Crippen LogP contribution in [0.25, 0.3) is 0 Å². The summed E-state index contributed by atoms with van der Waals surface area (Å²) in [5.74, 6) is -4.17. The average Bonchev–Trinajstić information content (AvgIpc) is 2.41. The predicted octanol–water partition coefficient (Wildman–Crippen LogP) is -1.10. The molecule has 0 bridgehead atoms. The zero-order chi connectivity index (χ0) is 16.2. The highest BCUT2D eigenvalue weighted by Gasteiger charge is 2.27. The summed E-state index contributed by atoms with van der Waals surface area (Å²) in [6, 6.07) is -2.43. The Kier molecular flexibility index (Phi) is 5.82. The van der Waals surface area contributed by atoms with Crippen LogP contribution >= 0.6 is 11.8 Å². The summed E-state index contributed by atoms with van der Waals surface area (Å²) in [6.07, 6.45) is 2.21. The van der Waals surface area contributed by atoms with Crippen LogP contribution in [0, 0.1) is 0 Å². The second-order valence-corrected chi connectivity index (χ2v) is 5.32. The van der Waals surface area contributed by atoms with E-state index in [0.29, 0.717) is 0 Å². The molecule has 0 saturated heterocycles. The standard InChI is InChI=1S/C12H14N2O6S/c13-6(11(17)18)3-5-1-2-8(15)9(16)10(5)21-4-7(14)12(19)20/h1-2,6-7H,3-4,13-14H2,(H,17,18)(H,19,20)/t6-,7-/m0/s1. The number of thioether (sulfide) groups is 1. The number of hydrogen-bond donors (Lipinski definition) is 4. The van der Waals surface area contributed by atoms with Gasteiger partial charge in [0.25, 0.3) is 0 Å². The highest BCUT2D eigenvalue weighted by molar-refractivity contribution is 8.04. The first-order valence-corrected chi connectivity index (χ1v) is 6.82. The summed E-state index contributed by atoms with van der Waals surface area (Å²) in [7, 11) is 0. The van der Waals surface area contributed by atoms with E-state index >= 15 is 0 Å². The van der Waals surface area contributed by atoms with Crippen LogP contribution in [0.5, 0.6) is 0 Å². The molecule has 1 aliphatic rings. The Labute approximate surface area is 123 Å². The Balaban J connectivity index is 2.96. The van der Waals surface area contributed by atoms with Crippen molar-refractivity contribution in [2.24, 2.45) is 11.5 Å². The van der Waals surface area contributed by atoms with E-state index in [1.165, 1.54) is 6.08 Å². The second-order valence-electron chi connectivity index (χ2n) is 4.29. The fraction of sp³-hybridized carbons (Fsp3) is 0.333. The molecule has 0 heterocycles. The molecule has 0 aliphatic heterocycles. The average molecular weight is 314 g/mol. The fourth-order valence-electron chi connectivity index (χ4n) is 1.47. The SMILES string of the molecule is N[C@@H](CSC1=C(C[C@H](N)C(=O)O)C=CC(=O)C1=O)C(=O)O. The molecule has 0 aromatic carbocycles. The maximum absolute atomic E-state index is 11.8. The number of hydrogen-bond acceptors (Lipinski definition) is 7. The Morgan fingerprint density at radius 2 is 1.67 bits per heavy atom. The van der Waals surface area contributed by atoms with Gasteiger partial charge < -0.3 is 21.7 Å². The van der Waals surface area contributed by atoms with Crippen LogP contribution in [0.2, 0.25) is 0 Å². The zero-order valence-electron chi connectivity index (χ0n) is 10.8. The number of carboxylic acids is 2. The van der Waals surface area contributed by atoms with Crippen LogP contribution in [-0.2, 0) is 19.2 Å². The first-order chi connectivity index (χ1) is 9.73. The van der Waals surface area contributed by atoms with E-state index in [2.05, 4.69) is 0 Å². The molecular weight excluding hydrogens is 300 g/mol. The molecule has 0 spiro atoms. The fourth-order valence-corrected chi connectivity index (χ4v) is 2.53. The molecule has 9 heteroatoms. The predicted molar refractivity (Wildman–Crippen MR) is 74.5 cm³/mol. The van der Waals surface area contributed by atoms with E-state index in [9.17, 15) is 19.2 Å². The van der Waals surface area contributed by atoms with Crippen LogP contribution in [0.3, 0.4) is 0 Å². The molecular formula is C12H14N2O6S. The van der Waals surface area contributed by atoms with Crippen molar-refractivity contribution in [1.82, 2.24) is 0 Å². The molecule has 114 valence electrons. The summed E-state index contributed by atoms with van der Waals surface area (Å²) < 4.78 is 0. The topological polar surface area (TPSA) is 161 Å². The van der Waals surface area contributed by atoms with Gasteiger partial charge in [-0.3, -0.25) is 19.2 Å². The lowest BCUT2D eigenvalue weighted by Crippen LogP contribution is -2.33. The van der Waals surface area contributed by atoms with Crippen LogP contribution in [0.15, 0.2) is 22.6 Å². The summed E-state index contributed by atoms with van der Waals surface area (Å²) in [5.41, 5.74) is 11.0. The number of carbonyl (C=O) groups excluding carboxylic acids is 2. The molecule has 1 aliphatic carbocycles. The molecule has 0 saturated carbocycles. The molecule has 1 rings (SSSR count). The summed E-state index contributed by atoms with van der Waals surface area (Å²) >= 11 is 0.811. The van der Waals surface area contributed by atoms with Crippen LogP contribution in [-0.4, -0.2) is 51.6 Å². The van der Waals surface area contributed by atoms with E-state index < -0.39 is 35.6 Å². The Morgan fingerprint density at radius 3 is 2.19 bits per heavy atom. The number of nitrogens with two attached hydrogens (primary N) is 2. The first kappa shape index (κ1) is 17.1. The van der Waals surface area contributed by atoms with E-state index in [-0.39, 0.29) is 22.7 Å². The van der Waals surface area contributed by atoms with Gasteiger partial charge >= 0.3 is 11.9 Å². The van der Waals surface area contributed by atoms with Gasteiger partial charge in [-0.15, -0.1) is 11.8 Å². The molecule has 0 aromatic rings. The van der Waals surface area contributed by atoms with Gasteiger partial charge in [-0.05, 0) is 18.1 Å². The van der Waals surface area contributed by atoms with E-state index in [4.69, 9.17) is 21.7 Å². The molecule has 0 unspecified atom stereocenters. The molecule has 0 fully saturated rings. The van der Waals surface area contributed by atoms with Crippen molar-refractivity contribution in [1.29, 1.82) is 0 Å². The number of carbonyl (C=O) groups is 4. The lowest BCUT2D eigenvalue weighted by Gasteiger charge is -2.16. The molecule has 0 amide bonds. The highest BCUT2D eigenvalue weighted by Crippen LogP contribution is 2.28.